The molecule has 1 aromatic carbocycles. The van der Waals surface area contributed by atoms with Gasteiger partial charge in [-0.05, 0) is 51.1 Å². The molecule has 1 amide bonds. The monoisotopic (exact) mass is 386 g/mol. The van der Waals surface area contributed by atoms with Gasteiger partial charge in [0.25, 0.3) is 5.91 Å². The number of carbonyl (C=O) groups is 1. The van der Waals surface area contributed by atoms with E-state index in [2.05, 4.69) is 10.3 Å². The molecule has 0 atom stereocenters. The Morgan fingerprint density at radius 3 is 2.67 bits per heavy atom. The van der Waals surface area contributed by atoms with E-state index in [1.165, 1.54) is 11.3 Å². The number of aromatic nitrogens is 1. The summed E-state index contributed by atoms with van der Waals surface area (Å²) in [5.41, 5.74) is 1.41. The molecular formula is C20H22N2O4S. The van der Waals surface area contributed by atoms with Crippen LogP contribution in [0.3, 0.4) is 0 Å². The number of nitrogens with one attached hydrogen (secondary N) is 1. The van der Waals surface area contributed by atoms with Crippen LogP contribution in [0.25, 0.3) is 10.8 Å². The number of furan rings is 1. The zero-order valence-corrected chi connectivity index (χ0v) is 16.4. The Bertz CT molecular complexity index is 903. The van der Waals surface area contributed by atoms with Crippen molar-refractivity contribution in [2.75, 3.05) is 13.2 Å². The lowest BCUT2D eigenvalue weighted by Crippen LogP contribution is -2.22. The minimum Gasteiger partial charge on any atom is -0.490 e. The summed E-state index contributed by atoms with van der Waals surface area (Å²) in [5, 5.41) is 3.75. The van der Waals surface area contributed by atoms with Crippen LogP contribution < -0.4 is 14.8 Å². The number of nitrogens with zero attached hydrogens (tertiary/aromatic N) is 1. The summed E-state index contributed by atoms with van der Waals surface area (Å²) in [4.78, 5) is 18.1. The summed E-state index contributed by atoms with van der Waals surface area (Å²) >= 11 is 1.51. The fourth-order valence-corrected chi connectivity index (χ4v) is 3.52. The Kier molecular flexibility index (Phi) is 6.13. The maximum Gasteiger partial charge on any atom is 0.251 e. The lowest BCUT2D eigenvalue weighted by molar-refractivity contribution is 0.0950. The highest BCUT2D eigenvalue weighted by atomic mass is 32.1. The number of aryl methyl sites for hydroxylation is 1. The molecule has 0 aliphatic heterocycles. The number of carbonyl (C=O) groups excluding carboxylic acids is 1. The van der Waals surface area contributed by atoms with Crippen LogP contribution in [0.4, 0.5) is 0 Å². The summed E-state index contributed by atoms with van der Waals surface area (Å²) < 4.78 is 16.5. The van der Waals surface area contributed by atoms with Gasteiger partial charge in [0.1, 0.15) is 0 Å². The molecule has 0 saturated heterocycles. The number of amides is 1. The van der Waals surface area contributed by atoms with Crippen LogP contribution in [0, 0.1) is 6.92 Å². The maximum atomic E-state index is 12.5. The Hall–Kier alpha value is -2.80. The van der Waals surface area contributed by atoms with Crippen molar-refractivity contribution < 1.29 is 18.7 Å². The number of thiazole rings is 1. The van der Waals surface area contributed by atoms with E-state index < -0.39 is 0 Å². The number of ether oxygens (including phenoxy) is 2. The van der Waals surface area contributed by atoms with E-state index in [4.69, 9.17) is 13.9 Å². The summed E-state index contributed by atoms with van der Waals surface area (Å²) in [5.74, 6) is 1.76. The van der Waals surface area contributed by atoms with Crippen molar-refractivity contribution in [3.8, 4) is 22.3 Å². The Balaban J connectivity index is 1.70. The molecule has 0 unspecified atom stereocenters. The molecule has 27 heavy (non-hydrogen) atoms. The second-order valence-corrected chi connectivity index (χ2v) is 6.80. The molecule has 2 heterocycles. The summed E-state index contributed by atoms with van der Waals surface area (Å²) in [7, 11) is 0. The lowest BCUT2D eigenvalue weighted by Gasteiger charge is -2.12. The first kappa shape index (κ1) is 19.0. The van der Waals surface area contributed by atoms with E-state index in [-0.39, 0.29) is 5.91 Å². The predicted molar refractivity (Wildman–Crippen MR) is 105 cm³/mol. The normalized spacial score (nSPS) is 10.6. The molecule has 142 valence electrons. The van der Waals surface area contributed by atoms with E-state index in [9.17, 15) is 4.79 Å². The van der Waals surface area contributed by atoms with Gasteiger partial charge in [-0.25, -0.2) is 4.98 Å². The second kappa shape index (κ2) is 8.73. The lowest BCUT2D eigenvalue weighted by atomic mass is 10.2. The third-order valence-corrected chi connectivity index (χ3v) is 5.01. The minimum atomic E-state index is -0.175. The zero-order chi connectivity index (χ0) is 19.2. The van der Waals surface area contributed by atoms with Crippen molar-refractivity contribution in [2.45, 2.75) is 27.3 Å². The molecule has 7 heteroatoms. The Morgan fingerprint density at radius 2 is 1.96 bits per heavy atom. The average molecular weight is 386 g/mol. The van der Waals surface area contributed by atoms with E-state index in [0.717, 1.165) is 21.3 Å². The zero-order valence-electron chi connectivity index (χ0n) is 15.6. The molecule has 0 radical (unpaired) electrons. The van der Waals surface area contributed by atoms with Gasteiger partial charge >= 0.3 is 0 Å². The van der Waals surface area contributed by atoms with Crippen molar-refractivity contribution in [2.24, 2.45) is 0 Å². The van der Waals surface area contributed by atoms with Crippen molar-refractivity contribution in [3.05, 3.63) is 52.7 Å². The van der Waals surface area contributed by atoms with Gasteiger partial charge in [-0.3, -0.25) is 4.79 Å². The van der Waals surface area contributed by atoms with Crippen LogP contribution in [-0.4, -0.2) is 24.1 Å². The van der Waals surface area contributed by atoms with Crippen LogP contribution in [0.2, 0.25) is 0 Å². The van der Waals surface area contributed by atoms with Gasteiger partial charge in [-0.2, -0.15) is 0 Å². The maximum absolute atomic E-state index is 12.5. The van der Waals surface area contributed by atoms with Crippen LogP contribution in [0.15, 0.2) is 41.0 Å². The van der Waals surface area contributed by atoms with Crippen LogP contribution in [0.1, 0.15) is 34.8 Å². The van der Waals surface area contributed by atoms with Crippen molar-refractivity contribution in [1.29, 1.82) is 0 Å². The third kappa shape index (κ3) is 4.49. The van der Waals surface area contributed by atoms with Crippen molar-refractivity contribution in [1.82, 2.24) is 10.3 Å². The molecule has 3 rings (SSSR count). The molecule has 0 bridgehead atoms. The molecule has 0 fully saturated rings. The second-order valence-electron chi connectivity index (χ2n) is 5.72. The van der Waals surface area contributed by atoms with Gasteiger partial charge in [-0.1, -0.05) is 0 Å². The molecule has 2 aromatic heterocycles. The van der Waals surface area contributed by atoms with Gasteiger partial charge in [0.05, 0.1) is 31.7 Å². The molecule has 0 spiro atoms. The SMILES string of the molecule is CCOc1ccc(C(=O)NCc2sc(-c3ccco3)nc2C)cc1OCC. The van der Waals surface area contributed by atoms with E-state index >= 15 is 0 Å². The predicted octanol–water partition coefficient (Wildman–Crippen LogP) is 4.44. The van der Waals surface area contributed by atoms with Gasteiger partial charge in [0, 0.05) is 10.4 Å². The molecular weight excluding hydrogens is 364 g/mol. The number of hydrogen-bond donors (Lipinski definition) is 1. The van der Waals surface area contributed by atoms with Crippen LogP contribution in [-0.2, 0) is 6.54 Å². The van der Waals surface area contributed by atoms with E-state index in [1.54, 1.807) is 24.5 Å². The topological polar surface area (TPSA) is 73.6 Å². The fraction of sp³-hybridized carbons (Fsp3) is 0.300. The quantitative estimate of drug-likeness (QED) is 0.620. The highest BCUT2D eigenvalue weighted by Crippen LogP contribution is 2.30. The number of hydrogen-bond acceptors (Lipinski definition) is 6. The molecule has 0 saturated carbocycles. The number of rotatable bonds is 8. The standard InChI is InChI=1S/C20H22N2O4S/c1-4-24-15-9-8-14(11-17(15)25-5-2)19(23)21-12-18-13(3)22-20(27-18)16-7-6-10-26-16/h6-11H,4-5,12H2,1-3H3,(H,21,23). The minimum absolute atomic E-state index is 0.175. The Labute approximate surface area is 162 Å². The van der Waals surface area contributed by atoms with Gasteiger partial charge < -0.3 is 19.2 Å². The molecule has 0 aliphatic carbocycles. The van der Waals surface area contributed by atoms with Gasteiger partial charge in [-0.15, -0.1) is 11.3 Å². The highest BCUT2D eigenvalue weighted by Gasteiger charge is 2.14. The summed E-state index contributed by atoms with van der Waals surface area (Å²) in [6, 6.07) is 8.90. The van der Waals surface area contributed by atoms with E-state index in [0.29, 0.717) is 36.8 Å². The van der Waals surface area contributed by atoms with Crippen LogP contribution in [0.5, 0.6) is 11.5 Å². The smallest absolute Gasteiger partial charge is 0.251 e. The molecule has 3 aromatic rings. The fourth-order valence-electron chi connectivity index (χ4n) is 2.55. The van der Waals surface area contributed by atoms with E-state index in [1.807, 2.05) is 32.9 Å². The van der Waals surface area contributed by atoms with Crippen molar-refractivity contribution >= 4 is 17.2 Å². The molecule has 0 aliphatic rings. The van der Waals surface area contributed by atoms with Crippen molar-refractivity contribution in [3.63, 3.8) is 0 Å². The largest absolute Gasteiger partial charge is 0.490 e. The average Bonchev–Trinajstić information content (AvgIpc) is 3.31. The summed E-state index contributed by atoms with van der Waals surface area (Å²) in [6.45, 7) is 7.17. The first-order valence-electron chi connectivity index (χ1n) is 8.80. The van der Waals surface area contributed by atoms with Gasteiger partial charge in [0.2, 0.25) is 0 Å². The first-order valence-corrected chi connectivity index (χ1v) is 9.62. The molecule has 6 nitrogen and oxygen atoms in total. The first-order chi connectivity index (χ1) is 13.1. The summed E-state index contributed by atoms with van der Waals surface area (Å²) in [6.07, 6.45) is 1.62. The van der Waals surface area contributed by atoms with Crippen LogP contribution >= 0.6 is 11.3 Å². The Morgan fingerprint density at radius 1 is 1.19 bits per heavy atom. The van der Waals surface area contributed by atoms with Gasteiger partial charge in [0.15, 0.2) is 22.3 Å². The molecule has 1 N–H and O–H groups in total. The third-order valence-electron chi connectivity index (χ3n) is 3.84. The highest BCUT2D eigenvalue weighted by molar-refractivity contribution is 7.15. The number of benzene rings is 1.